The lowest BCUT2D eigenvalue weighted by atomic mass is 9.92. The first-order valence-electron chi connectivity index (χ1n) is 7.29. The number of aromatic amines is 1. The van der Waals surface area contributed by atoms with Gasteiger partial charge in [0.1, 0.15) is 5.69 Å². The molecule has 3 rings (SSSR count). The first-order valence-corrected chi connectivity index (χ1v) is 9.13. The summed E-state index contributed by atoms with van der Waals surface area (Å²) in [5.41, 5.74) is 2.62. The third-order valence-corrected chi connectivity index (χ3v) is 5.36. The van der Waals surface area contributed by atoms with Gasteiger partial charge in [-0.1, -0.05) is 0 Å². The van der Waals surface area contributed by atoms with Crippen molar-refractivity contribution in [3.63, 3.8) is 0 Å². The minimum Gasteiger partial charge on any atom is -0.276 e. The van der Waals surface area contributed by atoms with E-state index < -0.39 is 10.0 Å². The van der Waals surface area contributed by atoms with E-state index in [1.165, 1.54) is 6.26 Å². The predicted molar refractivity (Wildman–Crippen MR) is 82.5 cm³/mol. The second kappa shape index (κ2) is 6.13. The molecule has 0 amide bonds. The van der Waals surface area contributed by atoms with Crippen molar-refractivity contribution in [3.8, 4) is 11.4 Å². The maximum absolute atomic E-state index is 11.6. The normalized spacial score (nSPS) is 17.7. The van der Waals surface area contributed by atoms with Crippen LogP contribution in [0, 0.1) is 5.92 Å². The Hall–Kier alpha value is -1.80. The monoisotopic (exact) mass is 321 g/mol. The Bertz CT molecular complexity index is 721. The Balaban J connectivity index is 1.71. The van der Waals surface area contributed by atoms with Crippen LogP contribution in [0.5, 0.6) is 0 Å². The molecule has 8 heteroatoms. The van der Waals surface area contributed by atoms with E-state index in [1.807, 2.05) is 6.07 Å². The summed E-state index contributed by atoms with van der Waals surface area (Å²) in [4.78, 5) is 8.86. The maximum atomic E-state index is 11.6. The summed E-state index contributed by atoms with van der Waals surface area (Å²) in [6.07, 6.45) is 8.84. The lowest BCUT2D eigenvalue weighted by Crippen LogP contribution is -2.38. The molecule has 1 saturated heterocycles. The smallest absolute Gasteiger partial charge is 0.211 e. The largest absolute Gasteiger partial charge is 0.276 e. The molecular weight excluding hydrogens is 302 g/mol. The van der Waals surface area contributed by atoms with Crippen LogP contribution in [-0.2, 0) is 16.4 Å². The van der Waals surface area contributed by atoms with Crippen molar-refractivity contribution in [2.24, 2.45) is 5.92 Å². The van der Waals surface area contributed by atoms with Crippen molar-refractivity contribution >= 4 is 10.0 Å². The average molecular weight is 321 g/mol. The summed E-state index contributed by atoms with van der Waals surface area (Å²) in [6.45, 7) is 1.17. The molecule has 1 N–H and O–H groups in total. The van der Waals surface area contributed by atoms with Gasteiger partial charge in [0.25, 0.3) is 0 Å². The van der Waals surface area contributed by atoms with Crippen LogP contribution >= 0.6 is 0 Å². The van der Waals surface area contributed by atoms with Gasteiger partial charge in [-0.05, 0) is 31.2 Å². The minimum absolute atomic E-state index is 0.427. The second-order valence-electron chi connectivity index (χ2n) is 5.63. The fourth-order valence-corrected chi connectivity index (χ4v) is 3.72. The van der Waals surface area contributed by atoms with E-state index >= 15 is 0 Å². The molecule has 0 aromatic carbocycles. The zero-order valence-corrected chi connectivity index (χ0v) is 13.3. The second-order valence-corrected chi connectivity index (χ2v) is 7.61. The Labute approximate surface area is 129 Å². The van der Waals surface area contributed by atoms with Gasteiger partial charge in [0, 0.05) is 31.7 Å². The van der Waals surface area contributed by atoms with Gasteiger partial charge in [-0.15, -0.1) is 0 Å². The van der Waals surface area contributed by atoms with Gasteiger partial charge in [0.15, 0.2) is 0 Å². The van der Waals surface area contributed by atoms with Gasteiger partial charge < -0.3 is 0 Å². The first-order chi connectivity index (χ1) is 10.5. The highest BCUT2D eigenvalue weighted by molar-refractivity contribution is 7.88. The van der Waals surface area contributed by atoms with E-state index in [1.54, 1.807) is 22.9 Å². The van der Waals surface area contributed by atoms with Crippen molar-refractivity contribution in [1.29, 1.82) is 0 Å². The summed E-state index contributed by atoms with van der Waals surface area (Å²) in [6, 6.07) is 1.87. The molecule has 0 saturated carbocycles. The number of H-pyrrole nitrogens is 1. The molecular formula is C14H19N5O2S. The highest BCUT2D eigenvalue weighted by Crippen LogP contribution is 2.25. The fourth-order valence-electron chi connectivity index (χ4n) is 2.85. The maximum Gasteiger partial charge on any atom is 0.211 e. The topological polar surface area (TPSA) is 91.8 Å². The molecule has 0 radical (unpaired) electrons. The lowest BCUT2D eigenvalue weighted by Gasteiger charge is -2.30. The quantitative estimate of drug-likeness (QED) is 0.910. The third kappa shape index (κ3) is 3.33. The summed E-state index contributed by atoms with van der Waals surface area (Å²) in [7, 11) is -3.07. The number of sulfonamides is 1. The van der Waals surface area contributed by atoms with Crippen molar-refractivity contribution in [2.45, 2.75) is 19.3 Å². The van der Waals surface area contributed by atoms with Crippen LogP contribution in [0.2, 0.25) is 0 Å². The predicted octanol–water partition coefficient (Wildman–Crippen LogP) is 1.08. The molecule has 0 bridgehead atoms. The molecule has 0 spiro atoms. The van der Waals surface area contributed by atoms with Crippen molar-refractivity contribution < 1.29 is 8.42 Å². The molecule has 2 aromatic heterocycles. The van der Waals surface area contributed by atoms with Crippen LogP contribution in [0.3, 0.4) is 0 Å². The molecule has 1 aliphatic heterocycles. The number of aromatic nitrogens is 4. The summed E-state index contributed by atoms with van der Waals surface area (Å²) >= 11 is 0. The number of piperidine rings is 1. The Kier molecular flexibility index (Phi) is 4.21. The molecule has 2 aromatic rings. The number of hydrogen-bond acceptors (Lipinski definition) is 5. The van der Waals surface area contributed by atoms with E-state index in [2.05, 4.69) is 20.2 Å². The van der Waals surface area contributed by atoms with Gasteiger partial charge in [-0.2, -0.15) is 5.10 Å². The highest BCUT2D eigenvalue weighted by atomic mass is 32.2. The summed E-state index contributed by atoms with van der Waals surface area (Å²) in [5.74, 6) is 0.427. The van der Waals surface area contributed by atoms with Gasteiger partial charge in [0.05, 0.1) is 17.6 Å². The molecule has 0 unspecified atom stereocenters. The molecule has 3 heterocycles. The average Bonchev–Trinajstić information content (AvgIpc) is 3.01. The third-order valence-electron chi connectivity index (χ3n) is 4.05. The van der Waals surface area contributed by atoms with E-state index in [0.29, 0.717) is 19.0 Å². The molecule has 1 aliphatic rings. The van der Waals surface area contributed by atoms with Gasteiger partial charge >= 0.3 is 0 Å². The van der Waals surface area contributed by atoms with Gasteiger partial charge in [-0.25, -0.2) is 12.7 Å². The lowest BCUT2D eigenvalue weighted by molar-refractivity contribution is 0.273. The summed E-state index contributed by atoms with van der Waals surface area (Å²) in [5, 5.41) is 6.88. The SMILES string of the molecule is CS(=O)(=O)N1CCC(Cc2nccnc2-c2ccn[nH]2)CC1. The zero-order valence-electron chi connectivity index (χ0n) is 12.4. The number of nitrogens with one attached hydrogen (secondary N) is 1. The molecule has 0 aliphatic carbocycles. The van der Waals surface area contributed by atoms with E-state index in [9.17, 15) is 8.42 Å². The van der Waals surface area contributed by atoms with Crippen LogP contribution in [-0.4, -0.2) is 52.2 Å². The fraction of sp³-hybridized carbons (Fsp3) is 0.500. The van der Waals surface area contributed by atoms with Crippen LogP contribution in [0.1, 0.15) is 18.5 Å². The number of nitrogens with zero attached hydrogens (tertiary/aromatic N) is 4. The minimum atomic E-state index is -3.07. The summed E-state index contributed by atoms with van der Waals surface area (Å²) < 4.78 is 24.7. The molecule has 1 fully saturated rings. The van der Waals surface area contributed by atoms with Crippen molar-refractivity contribution in [3.05, 3.63) is 30.4 Å². The highest BCUT2D eigenvalue weighted by Gasteiger charge is 2.26. The van der Waals surface area contributed by atoms with Gasteiger partial charge in [0.2, 0.25) is 10.0 Å². The molecule has 0 atom stereocenters. The van der Waals surface area contributed by atoms with Crippen LogP contribution in [0.25, 0.3) is 11.4 Å². The molecule has 22 heavy (non-hydrogen) atoms. The van der Waals surface area contributed by atoms with E-state index in [0.717, 1.165) is 36.3 Å². The van der Waals surface area contributed by atoms with E-state index in [4.69, 9.17) is 0 Å². The van der Waals surface area contributed by atoms with Crippen LogP contribution in [0.15, 0.2) is 24.7 Å². The van der Waals surface area contributed by atoms with Crippen molar-refractivity contribution in [2.75, 3.05) is 19.3 Å². The van der Waals surface area contributed by atoms with Crippen LogP contribution < -0.4 is 0 Å². The first kappa shape index (κ1) is 15.1. The van der Waals surface area contributed by atoms with Crippen LogP contribution in [0.4, 0.5) is 0 Å². The zero-order chi connectivity index (χ0) is 15.6. The van der Waals surface area contributed by atoms with Gasteiger partial charge in [-0.3, -0.25) is 15.1 Å². The Morgan fingerprint density at radius 3 is 2.59 bits per heavy atom. The number of hydrogen-bond donors (Lipinski definition) is 1. The van der Waals surface area contributed by atoms with Crippen molar-refractivity contribution in [1.82, 2.24) is 24.5 Å². The molecule has 7 nitrogen and oxygen atoms in total. The Morgan fingerprint density at radius 1 is 1.23 bits per heavy atom. The molecule has 118 valence electrons. The number of rotatable bonds is 4. The standard InChI is InChI=1S/C14H19N5O2S/c1-22(20,21)19-8-3-11(4-9-19)10-13-14(16-7-6-15-13)12-2-5-17-18-12/h2,5-7,11H,3-4,8-10H2,1H3,(H,17,18). The van der Waals surface area contributed by atoms with E-state index in [-0.39, 0.29) is 0 Å². The Morgan fingerprint density at radius 2 is 1.95 bits per heavy atom.